The number of rotatable bonds is 5. The largest absolute Gasteiger partial charge is 0.465 e. The number of nitrogens with one attached hydrogen (secondary N) is 1. The summed E-state index contributed by atoms with van der Waals surface area (Å²) in [6, 6.07) is 8.17. The maximum Gasteiger partial charge on any atom is 0.287 e. The van der Waals surface area contributed by atoms with Gasteiger partial charge in [0.2, 0.25) is 0 Å². The molecule has 3 aromatic rings. The molecule has 1 unspecified atom stereocenters. The van der Waals surface area contributed by atoms with Gasteiger partial charge in [0.05, 0.1) is 6.04 Å². The first-order chi connectivity index (χ1) is 14.3. The second-order valence-electron chi connectivity index (χ2n) is 8.88. The SMILES string of the molecule is Cc1ccc(C(CNC(=O)c2oc3cc(C)c(C)cc3c2C)N2CCC(C)CC2)o1. The lowest BCUT2D eigenvalue weighted by atomic mass is 9.97. The van der Waals surface area contributed by atoms with Gasteiger partial charge in [-0.3, -0.25) is 9.69 Å². The molecular weight excluding hydrogens is 376 g/mol. The highest BCUT2D eigenvalue weighted by molar-refractivity contribution is 5.99. The lowest BCUT2D eigenvalue weighted by molar-refractivity contribution is 0.0871. The number of fused-ring (bicyclic) bond motifs is 1. The number of hydrogen-bond acceptors (Lipinski definition) is 4. The van der Waals surface area contributed by atoms with E-state index in [9.17, 15) is 4.79 Å². The summed E-state index contributed by atoms with van der Waals surface area (Å²) >= 11 is 0. The van der Waals surface area contributed by atoms with Crippen LogP contribution in [0.25, 0.3) is 11.0 Å². The Bertz CT molecular complexity index is 1050. The maximum absolute atomic E-state index is 13.0. The third kappa shape index (κ3) is 4.04. The Kier molecular flexibility index (Phi) is 5.74. The molecule has 4 rings (SSSR count). The van der Waals surface area contributed by atoms with Gasteiger partial charge in [-0.1, -0.05) is 6.92 Å². The van der Waals surface area contributed by atoms with E-state index in [2.05, 4.69) is 37.1 Å². The normalized spacial score (nSPS) is 16.8. The molecule has 1 amide bonds. The van der Waals surface area contributed by atoms with Crippen LogP contribution in [0.4, 0.5) is 0 Å². The van der Waals surface area contributed by atoms with Crippen LogP contribution in [-0.2, 0) is 0 Å². The zero-order valence-electron chi connectivity index (χ0n) is 18.7. The molecule has 5 nitrogen and oxygen atoms in total. The zero-order chi connectivity index (χ0) is 21.4. The van der Waals surface area contributed by atoms with Gasteiger partial charge in [-0.05, 0) is 94.9 Å². The Morgan fingerprint density at radius 3 is 2.47 bits per heavy atom. The van der Waals surface area contributed by atoms with E-state index in [4.69, 9.17) is 8.83 Å². The molecule has 160 valence electrons. The Hall–Kier alpha value is -2.53. The van der Waals surface area contributed by atoms with Crippen molar-refractivity contribution in [3.63, 3.8) is 0 Å². The fourth-order valence-corrected chi connectivity index (χ4v) is 4.34. The van der Waals surface area contributed by atoms with Crippen molar-refractivity contribution < 1.29 is 13.6 Å². The predicted octanol–water partition coefficient (Wildman–Crippen LogP) is 5.46. The first-order valence-electron chi connectivity index (χ1n) is 10.9. The van der Waals surface area contributed by atoms with Crippen molar-refractivity contribution in [3.8, 4) is 0 Å². The van der Waals surface area contributed by atoms with Crippen LogP contribution in [0.3, 0.4) is 0 Å². The molecule has 3 heterocycles. The number of carbonyl (C=O) groups is 1. The number of nitrogens with zero attached hydrogens (tertiary/aromatic N) is 1. The number of likely N-dealkylation sites (tertiary alicyclic amines) is 1. The molecule has 2 aromatic heterocycles. The van der Waals surface area contributed by atoms with Crippen molar-refractivity contribution >= 4 is 16.9 Å². The fourth-order valence-electron chi connectivity index (χ4n) is 4.34. The number of amides is 1. The van der Waals surface area contributed by atoms with Crippen LogP contribution in [0.2, 0.25) is 0 Å². The highest BCUT2D eigenvalue weighted by Crippen LogP contribution is 2.30. The van der Waals surface area contributed by atoms with Crippen LogP contribution in [0.15, 0.2) is 33.1 Å². The Morgan fingerprint density at radius 1 is 1.10 bits per heavy atom. The maximum atomic E-state index is 13.0. The first-order valence-corrected chi connectivity index (χ1v) is 10.9. The molecule has 1 aliphatic rings. The number of aryl methyl sites for hydroxylation is 4. The molecule has 30 heavy (non-hydrogen) atoms. The highest BCUT2D eigenvalue weighted by atomic mass is 16.3. The van der Waals surface area contributed by atoms with E-state index in [-0.39, 0.29) is 11.9 Å². The number of furan rings is 2. The van der Waals surface area contributed by atoms with Crippen molar-refractivity contribution in [1.29, 1.82) is 0 Å². The van der Waals surface area contributed by atoms with Crippen molar-refractivity contribution in [2.45, 2.75) is 53.5 Å². The Labute approximate surface area is 178 Å². The van der Waals surface area contributed by atoms with Crippen molar-refractivity contribution in [3.05, 3.63) is 58.2 Å². The number of hydrogen-bond donors (Lipinski definition) is 1. The van der Waals surface area contributed by atoms with Gasteiger partial charge in [-0.15, -0.1) is 0 Å². The molecule has 0 spiro atoms. The fraction of sp³-hybridized carbons (Fsp3) is 0.480. The smallest absolute Gasteiger partial charge is 0.287 e. The molecule has 1 aliphatic heterocycles. The molecule has 1 fully saturated rings. The lowest BCUT2D eigenvalue weighted by Crippen LogP contribution is -2.41. The summed E-state index contributed by atoms with van der Waals surface area (Å²) in [6.45, 7) is 12.9. The molecule has 0 saturated carbocycles. The molecule has 1 N–H and O–H groups in total. The van der Waals surface area contributed by atoms with Gasteiger partial charge in [0, 0.05) is 17.5 Å². The molecule has 1 aromatic carbocycles. The van der Waals surface area contributed by atoms with Crippen LogP contribution in [0, 0.1) is 33.6 Å². The number of piperidine rings is 1. The van der Waals surface area contributed by atoms with E-state index >= 15 is 0 Å². The monoisotopic (exact) mass is 408 g/mol. The number of carbonyl (C=O) groups excluding carboxylic acids is 1. The van der Waals surface area contributed by atoms with Crippen LogP contribution in [0.1, 0.15) is 64.6 Å². The van der Waals surface area contributed by atoms with Gasteiger partial charge < -0.3 is 14.2 Å². The predicted molar refractivity (Wildman–Crippen MR) is 119 cm³/mol. The van der Waals surface area contributed by atoms with Crippen LogP contribution < -0.4 is 5.32 Å². The van der Waals surface area contributed by atoms with E-state index < -0.39 is 0 Å². The summed E-state index contributed by atoms with van der Waals surface area (Å²) in [6.07, 6.45) is 2.34. The third-order valence-corrected chi connectivity index (χ3v) is 6.56. The average molecular weight is 409 g/mol. The number of benzene rings is 1. The molecule has 5 heteroatoms. The first kappa shape index (κ1) is 20.7. The van der Waals surface area contributed by atoms with Crippen molar-refractivity contribution in [2.75, 3.05) is 19.6 Å². The Morgan fingerprint density at radius 2 is 1.80 bits per heavy atom. The molecular formula is C25H32N2O3. The standard InChI is InChI=1S/C25H32N2O3/c1-15-8-10-27(11-9-15)21(22-7-6-18(4)29-22)14-26-25(28)24-19(5)20-12-16(2)17(3)13-23(20)30-24/h6-7,12-13,15,21H,8-11,14H2,1-5H3,(H,26,28). The van der Waals surface area contributed by atoms with Gasteiger partial charge in [-0.25, -0.2) is 0 Å². The van der Waals surface area contributed by atoms with Crippen LogP contribution in [-0.4, -0.2) is 30.4 Å². The second kappa shape index (κ2) is 8.31. The topological polar surface area (TPSA) is 58.6 Å². The van der Waals surface area contributed by atoms with Gasteiger partial charge in [0.1, 0.15) is 17.1 Å². The van der Waals surface area contributed by atoms with Gasteiger partial charge in [-0.2, -0.15) is 0 Å². The minimum atomic E-state index is -0.169. The van der Waals surface area contributed by atoms with E-state index in [0.29, 0.717) is 12.3 Å². The quantitative estimate of drug-likeness (QED) is 0.609. The van der Waals surface area contributed by atoms with E-state index in [1.54, 1.807) is 0 Å². The lowest BCUT2D eigenvalue weighted by Gasteiger charge is -2.35. The molecule has 1 atom stereocenters. The molecule has 0 bridgehead atoms. The third-order valence-electron chi connectivity index (χ3n) is 6.56. The zero-order valence-corrected chi connectivity index (χ0v) is 18.7. The van der Waals surface area contributed by atoms with E-state index in [1.807, 2.05) is 32.0 Å². The minimum absolute atomic E-state index is 0.0318. The van der Waals surface area contributed by atoms with Gasteiger partial charge in [0.15, 0.2) is 5.76 Å². The Balaban J connectivity index is 1.54. The van der Waals surface area contributed by atoms with Gasteiger partial charge >= 0.3 is 0 Å². The van der Waals surface area contributed by atoms with Crippen molar-refractivity contribution in [1.82, 2.24) is 10.2 Å². The van der Waals surface area contributed by atoms with E-state index in [0.717, 1.165) is 52.6 Å². The minimum Gasteiger partial charge on any atom is -0.465 e. The summed E-state index contributed by atoms with van der Waals surface area (Å²) in [5, 5.41) is 4.12. The summed E-state index contributed by atoms with van der Waals surface area (Å²) in [5.41, 5.74) is 4.02. The highest BCUT2D eigenvalue weighted by Gasteiger charge is 2.28. The summed E-state index contributed by atoms with van der Waals surface area (Å²) < 4.78 is 11.9. The molecule has 1 saturated heterocycles. The van der Waals surface area contributed by atoms with E-state index in [1.165, 1.54) is 18.4 Å². The van der Waals surface area contributed by atoms with Crippen LogP contribution >= 0.6 is 0 Å². The summed E-state index contributed by atoms with van der Waals surface area (Å²) in [4.78, 5) is 15.5. The summed E-state index contributed by atoms with van der Waals surface area (Å²) in [5.74, 6) is 2.79. The molecule has 0 radical (unpaired) electrons. The second-order valence-corrected chi connectivity index (χ2v) is 8.88. The van der Waals surface area contributed by atoms with Gasteiger partial charge in [0.25, 0.3) is 5.91 Å². The van der Waals surface area contributed by atoms with Crippen molar-refractivity contribution in [2.24, 2.45) is 5.92 Å². The molecule has 0 aliphatic carbocycles. The summed E-state index contributed by atoms with van der Waals surface area (Å²) in [7, 11) is 0. The average Bonchev–Trinajstić information content (AvgIpc) is 3.27. The van der Waals surface area contributed by atoms with Crippen LogP contribution in [0.5, 0.6) is 0 Å².